The fourth-order valence-corrected chi connectivity index (χ4v) is 1.91. The number of ether oxygens (including phenoxy) is 1. The van der Waals surface area contributed by atoms with Crippen LogP contribution in [0.5, 0.6) is 0 Å². The molecule has 5 atom stereocenters. The van der Waals surface area contributed by atoms with Crippen molar-refractivity contribution < 1.29 is 30.3 Å². The van der Waals surface area contributed by atoms with E-state index in [9.17, 15) is 20.4 Å². The zero-order valence-electron chi connectivity index (χ0n) is 8.58. The average molecular weight is 222 g/mol. The summed E-state index contributed by atoms with van der Waals surface area (Å²) < 4.78 is 5.01. The third-order valence-electron chi connectivity index (χ3n) is 2.69. The Morgan fingerprint density at radius 3 is 2.53 bits per heavy atom. The number of hydrogen-bond donors (Lipinski definition) is 5. The van der Waals surface area contributed by atoms with Gasteiger partial charge < -0.3 is 30.3 Å². The molecule has 1 rings (SSSR count). The largest absolute Gasteiger partial charge is 0.394 e. The molecule has 1 aliphatic heterocycles. The van der Waals surface area contributed by atoms with Gasteiger partial charge in [-0.1, -0.05) is 0 Å². The molecule has 6 nitrogen and oxygen atoms in total. The summed E-state index contributed by atoms with van der Waals surface area (Å²) in [7, 11) is 0. The van der Waals surface area contributed by atoms with E-state index in [-0.39, 0.29) is 13.0 Å². The quantitative estimate of drug-likeness (QED) is 0.364. The van der Waals surface area contributed by atoms with Gasteiger partial charge in [-0.25, -0.2) is 0 Å². The summed E-state index contributed by atoms with van der Waals surface area (Å²) in [5, 5.41) is 47.3. The summed E-state index contributed by atoms with van der Waals surface area (Å²) in [6, 6.07) is 0. The summed E-state index contributed by atoms with van der Waals surface area (Å²) in [6.07, 6.45) is -4.68. The maximum absolute atomic E-state index is 10.1. The van der Waals surface area contributed by atoms with E-state index in [1.807, 2.05) is 0 Å². The van der Waals surface area contributed by atoms with E-state index in [0.717, 1.165) is 0 Å². The second kappa shape index (κ2) is 4.73. The highest BCUT2D eigenvalue weighted by molar-refractivity contribution is 5.01. The molecule has 5 N–H and O–H groups in total. The highest BCUT2D eigenvalue weighted by Gasteiger charge is 2.51. The van der Waals surface area contributed by atoms with Gasteiger partial charge in [-0.15, -0.1) is 0 Å². The number of hydrogen-bond acceptors (Lipinski definition) is 6. The van der Waals surface area contributed by atoms with Crippen molar-refractivity contribution in [3.63, 3.8) is 0 Å². The van der Waals surface area contributed by atoms with Crippen LogP contribution in [-0.4, -0.2) is 68.8 Å². The maximum atomic E-state index is 10.1. The van der Waals surface area contributed by atoms with E-state index in [1.54, 1.807) is 0 Å². The van der Waals surface area contributed by atoms with Gasteiger partial charge in [-0.2, -0.15) is 0 Å². The predicted molar refractivity (Wildman–Crippen MR) is 50.1 cm³/mol. The zero-order valence-corrected chi connectivity index (χ0v) is 8.58. The lowest BCUT2D eigenvalue weighted by atomic mass is 9.81. The molecule has 0 bridgehead atoms. The highest BCUT2D eigenvalue weighted by atomic mass is 16.5. The van der Waals surface area contributed by atoms with Crippen LogP contribution in [0.4, 0.5) is 0 Å². The normalized spacial score (nSPS) is 44.0. The van der Waals surface area contributed by atoms with Gasteiger partial charge in [-0.05, 0) is 6.92 Å². The molecule has 1 aliphatic rings. The SMILES string of the molecule is CC(O)C[C@@]1(O)[C@H](O)[C@@H](O)CO[C@@H]1CO. The third kappa shape index (κ3) is 2.47. The van der Waals surface area contributed by atoms with Crippen LogP contribution in [0.1, 0.15) is 13.3 Å². The molecular formula is C9H18O6. The second-order valence-electron chi connectivity index (χ2n) is 4.06. The van der Waals surface area contributed by atoms with Crippen molar-refractivity contribution >= 4 is 0 Å². The summed E-state index contributed by atoms with van der Waals surface area (Å²) >= 11 is 0. The first-order valence-electron chi connectivity index (χ1n) is 4.91. The van der Waals surface area contributed by atoms with Crippen molar-refractivity contribution in [2.75, 3.05) is 13.2 Å². The lowest BCUT2D eigenvalue weighted by molar-refractivity contribution is -0.256. The van der Waals surface area contributed by atoms with Crippen LogP contribution < -0.4 is 0 Å². The Bertz CT molecular complexity index is 205. The minimum atomic E-state index is -1.82. The zero-order chi connectivity index (χ0) is 11.6. The van der Waals surface area contributed by atoms with Crippen LogP contribution >= 0.6 is 0 Å². The van der Waals surface area contributed by atoms with Crippen molar-refractivity contribution in [1.29, 1.82) is 0 Å². The van der Waals surface area contributed by atoms with Gasteiger partial charge >= 0.3 is 0 Å². The van der Waals surface area contributed by atoms with Crippen molar-refractivity contribution in [2.24, 2.45) is 0 Å². The molecule has 0 aromatic rings. The van der Waals surface area contributed by atoms with Crippen LogP contribution in [0.3, 0.4) is 0 Å². The molecule has 0 aromatic heterocycles. The number of aliphatic hydroxyl groups excluding tert-OH is 4. The molecule has 15 heavy (non-hydrogen) atoms. The molecule has 1 fully saturated rings. The standard InChI is InChI=1S/C9H18O6/c1-5(11)2-9(14)7(3-10)15-4-6(12)8(9)13/h5-8,10-14H,2-4H2,1H3/t5?,6-,7+,8+,9-/m0/s1. The van der Waals surface area contributed by atoms with Crippen LogP contribution in [0.25, 0.3) is 0 Å². The van der Waals surface area contributed by atoms with E-state index in [2.05, 4.69) is 0 Å². The molecule has 0 aliphatic carbocycles. The van der Waals surface area contributed by atoms with Gasteiger partial charge in [0.25, 0.3) is 0 Å². The Balaban J connectivity index is 2.84. The van der Waals surface area contributed by atoms with E-state index >= 15 is 0 Å². The molecule has 90 valence electrons. The van der Waals surface area contributed by atoms with Crippen LogP contribution in [0, 0.1) is 0 Å². The predicted octanol–water partition coefficient (Wildman–Crippen LogP) is -2.40. The van der Waals surface area contributed by atoms with Crippen molar-refractivity contribution in [1.82, 2.24) is 0 Å². The lowest BCUT2D eigenvalue weighted by Gasteiger charge is -2.45. The van der Waals surface area contributed by atoms with E-state index in [0.29, 0.717) is 0 Å². The Labute approximate surface area is 87.7 Å². The van der Waals surface area contributed by atoms with Crippen LogP contribution in [0.2, 0.25) is 0 Å². The first kappa shape index (κ1) is 12.8. The second-order valence-corrected chi connectivity index (χ2v) is 4.06. The van der Waals surface area contributed by atoms with Crippen molar-refractivity contribution in [3.05, 3.63) is 0 Å². The van der Waals surface area contributed by atoms with Gasteiger partial charge in [0.2, 0.25) is 0 Å². The molecule has 1 unspecified atom stereocenters. The van der Waals surface area contributed by atoms with E-state index < -0.39 is 36.6 Å². The molecule has 1 heterocycles. The number of aliphatic hydroxyl groups is 5. The smallest absolute Gasteiger partial charge is 0.124 e. The van der Waals surface area contributed by atoms with Gasteiger partial charge in [-0.3, -0.25) is 0 Å². The Morgan fingerprint density at radius 1 is 1.47 bits per heavy atom. The number of rotatable bonds is 3. The van der Waals surface area contributed by atoms with Crippen molar-refractivity contribution in [3.8, 4) is 0 Å². The van der Waals surface area contributed by atoms with Crippen LogP contribution in [0.15, 0.2) is 0 Å². The van der Waals surface area contributed by atoms with Crippen molar-refractivity contribution in [2.45, 2.75) is 43.4 Å². The molecule has 0 aromatic carbocycles. The Hall–Kier alpha value is -0.240. The average Bonchev–Trinajstić information content (AvgIpc) is 2.14. The summed E-state index contributed by atoms with van der Waals surface area (Å²) in [5.74, 6) is 0. The minimum Gasteiger partial charge on any atom is -0.394 e. The van der Waals surface area contributed by atoms with Crippen LogP contribution in [-0.2, 0) is 4.74 Å². The van der Waals surface area contributed by atoms with E-state index in [1.165, 1.54) is 6.92 Å². The Kier molecular flexibility index (Phi) is 4.05. The third-order valence-corrected chi connectivity index (χ3v) is 2.69. The van der Waals surface area contributed by atoms with E-state index in [4.69, 9.17) is 9.84 Å². The topological polar surface area (TPSA) is 110 Å². The summed E-state index contributed by atoms with van der Waals surface area (Å²) in [5.41, 5.74) is -1.82. The molecule has 0 amide bonds. The molecule has 1 saturated heterocycles. The molecule has 0 spiro atoms. The van der Waals surface area contributed by atoms with Gasteiger partial charge in [0.15, 0.2) is 0 Å². The fourth-order valence-electron chi connectivity index (χ4n) is 1.91. The summed E-state index contributed by atoms with van der Waals surface area (Å²) in [6.45, 7) is 0.821. The van der Waals surface area contributed by atoms with Gasteiger partial charge in [0, 0.05) is 6.42 Å². The fraction of sp³-hybridized carbons (Fsp3) is 1.00. The Morgan fingerprint density at radius 2 is 2.07 bits per heavy atom. The minimum absolute atomic E-state index is 0.144. The van der Waals surface area contributed by atoms with Gasteiger partial charge in [0.05, 0.1) is 19.3 Å². The molecule has 6 heteroatoms. The summed E-state index contributed by atoms with van der Waals surface area (Å²) in [4.78, 5) is 0. The molecular weight excluding hydrogens is 204 g/mol. The highest BCUT2D eigenvalue weighted by Crippen LogP contribution is 2.30. The molecule has 0 radical (unpaired) electrons. The monoisotopic (exact) mass is 222 g/mol. The first-order valence-corrected chi connectivity index (χ1v) is 4.91. The molecule has 0 saturated carbocycles. The van der Waals surface area contributed by atoms with Gasteiger partial charge in [0.1, 0.15) is 23.9 Å². The maximum Gasteiger partial charge on any atom is 0.124 e. The lowest BCUT2D eigenvalue weighted by Crippen LogP contribution is -2.64. The first-order chi connectivity index (χ1) is 6.91.